The van der Waals surface area contributed by atoms with Crippen molar-refractivity contribution in [2.24, 2.45) is 5.73 Å². The third-order valence-electron chi connectivity index (χ3n) is 20.6. The number of aromatic nitrogens is 8. The molecule has 25 nitrogen and oxygen atoms in total. The summed E-state index contributed by atoms with van der Waals surface area (Å²) in [5, 5.41) is 18.0. The fourth-order valence-electron chi connectivity index (χ4n) is 14.0. The third kappa shape index (κ3) is 29.2. The fourth-order valence-corrected chi connectivity index (χ4v) is 14.0. The van der Waals surface area contributed by atoms with Crippen molar-refractivity contribution in [2.75, 3.05) is 27.4 Å². The number of aryl methyl sites for hydroxylation is 6. The molecule has 690 valence electrons. The number of Topliss-reactive ketones (excluding diaryl/α,β-unsaturated/α-hetero) is 2. The Morgan fingerprint density at radius 1 is 0.357 bits per heavy atom. The average molecular weight is 1800 g/mol. The number of carboxylic acid groups (broad SMARTS) is 2. The Morgan fingerprint density at radius 3 is 0.961 bits per heavy atom. The number of benzene rings is 4. The van der Waals surface area contributed by atoms with E-state index < -0.39 is 64.4 Å². The molecule has 0 amide bonds. The molecule has 8 heterocycles. The van der Waals surface area contributed by atoms with Crippen LogP contribution in [0.15, 0.2) is 134 Å². The first kappa shape index (κ1) is 101. The molecule has 0 saturated heterocycles. The predicted octanol–water partition coefficient (Wildman–Crippen LogP) is 20.8. The summed E-state index contributed by atoms with van der Waals surface area (Å²) in [4.78, 5) is 99.2. The topological polar surface area (TPSA) is 320 Å². The normalized spacial score (nSPS) is 10.9. The Morgan fingerprint density at radius 2 is 0.643 bits per heavy atom. The summed E-state index contributed by atoms with van der Waals surface area (Å²) in [6, 6.07) is 24.6. The van der Waals surface area contributed by atoms with E-state index in [1.54, 1.807) is 116 Å². The van der Waals surface area contributed by atoms with Gasteiger partial charge in [0.2, 0.25) is 0 Å². The summed E-state index contributed by atoms with van der Waals surface area (Å²) >= 11 is 0. The molecule has 0 aliphatic heterocycles. The SMILES string of the molecule is CCOC(=O)c1c(C)nc2c(OCc3c(F)cccc3F)cc(C)cn12.COC(=O)CCCCCCCCC(=O)c1c(C)nc2c(OCc3c(F)cccc3F)cccn12.COC(=O)CCCCCCCN.Cc1cc(OCc2c(F)cccc2F)c2nc(C)c(C(=O)O)n2c1.Cc1nc2c(OCc3c(F)cccc3F)cccn2c1C(=O)CCCCCCCCC(=O)O. The molecule has 0 fully saturated rings. The van der Waals surface area contributed by atoms with Gasteiger partial charge in [-0.25, -0.2) is 64.6 Å². The van der Waals surface area contributed by atoms with E-state index in [1.165, 1.54) is 92.1 Å². The number of carbonyl (C=O) groups excluding carboxylic acids is 5. The molecule has 12 rings (SSSR count). The van der Waals surface area contributed by atoms with Gasteiger partial charge < -0.3 is 49.1 Å². The Hall–Kier alpha value is -13.1. The van der Waals surface area contributed by atoms with Crippen molar-refractivity contribution in [1.82, 2.24) is 37.5 Å². The van der Waals surface area contributed by atoms with Gasteiger partial charge >= 0.3 is 29.8 Å². The number of methoxy groups -OCH3 is 2. The number of unbranched alkanes of at least 4 members (excludes halogenated alkanes) is 14. The quantitative estimate of drug-likeness (QED) is 0.0105. The molecule has 4 aromatic carbocycles. The van der Waals surface area contributed by atoms with E-state index in [-0.39, 0.29) is 102 Å². The van der Waals surface area contributed by atoms with Gasteiger partial charge in [0.25, 0.3) is 0 Å². The highest BCUT2D eigenvalue weighted by Crippen LogP contribution is 2.32. The van der Waals surface area contributed by atoms with Crippen LogP contribution in [0.4, 0.5) is 35.1 Å². The number of halogens is 8. The van der Waals surface area contributed by atoms with Crippen LogP contribution in [0.5, 0.6) is 23.0 Å². The number of imidazole rings is 4. The second-order valence-corrected chi connectivity index (χ2v) is 30.4. The van der Waals surface area contributed by atoms with Crippen LogP contribution in [-0.2, 0) is 55.0 Å². The molecule has 33 heteroatoms. The number of fused-ring (bicyclic) bond motifs is 4. The highest BCUT2D eigenvalue weighted by molar-refractivity contribution is 5.97. The maximum atomic E-state index is 13.9. The highest BCUT2D eigenvalue weighted by Gasteiger charge is 2.26. The number of rotatable bonds is 42. The van der Waals surface area contributed by atoms with Crippen molar-refractivity contribution >= 4 is 64.0 Å². The maximum Gasteiger partial charge on any atom is 0.357 e. The van der Waals surface area contributed by atoms with Crippen LogP contribution in [0.25, 0.3) is 22.6 Å². The van der Waals surface area contributed by atoms with E-state index in [4.69, 9.17) is 34.5 Å². The van der Waals surface area contributed by atoms with Crippen LogP contribution in [-0.4, -0.2) is 117 Å². The van der Waals surface area contributed by atoms with Crippen LogP contribution < -0.4 is 24.7 Å². The highest BCUT2D eigenvalue weighted by atomic mass is 19.2. The van der Waals surface area contributed by atoms with Crippen LogP contribution >= 0.6 is 0 Å². The van der Waals surface area contributed by atoms with Crippen molar-refractivity contribution in [3.63, 3.8) is 0 Å². The Bertz CT molecular complexity index is 5750. The first-order valence-corrected chi connectivity index (χ1v) is 42.6. The molecule has 129 heavy (non-hydrogen) atoms. The molecule has 12 aromatic rings. The van der Waals surface area contributed by atoms with E-state index in [0.717, 1.165) is 120 Å². The Balaban J connectivity index is 0.000000205. The number of ether oxygens (including phenoxy) is 7. The van der Waals surface area contributed by atoms with E-state index in [1.807, 2.05) is 6.92 Å². The summed E-state index contributed by atoms with van der Waals surface area (Å²) in [7, 11) is 2.82. The van der Waals surface area contributed by atoms with Crippen LogP contribution in [0.3, 0.4) is 0 Å². The zero-order chi connectivity index (χ0) is 93.8. The molecule has 0 atom stereocenters. The van der Waals surface area contributed by atoms with Crippen LogP contribution in [0, 0.1) is 88.1 Å². The van der Waals surface area contributed by atoms with Gasteiger partial charge in [-0.2, -0.15) is 0 Å². The zero-order valence-electron chi connectivity index (χ0n) is 73.8. The molecule has 0 spiro atoms. The van der Waals surface area contributed by atoms with Crippen molar-refractivity contribution < 1.29 is 112 Å². The number of pyridine rings is 4. The monoisotopic (exact) mass is 1800 g/mol. The van der Waals surface area contributed by atoms with Gasteiger partial charge in [-0.1, -0.05) is 94.9 Å². The number of aromatic carboxylic acids is 1. The third-order valence-corrected chi connectivity index (χ3v) is 20.6. The van der Waals surface area contributed by atoms with Crippen LogP contribution in [0.2, 0.25) is 0 Å². The summed E-state index contributed by atoms with van der Waals surface area (Å²) in [5.41, 5.74) is 11.0. The second kappa shape index (κ2) is 51.1. The molecule has 0 aliphatic rings. The molecule has 0 radical (unpaired) electrons. The predicted molar refractivity (Wildman–Crippen MR) is 466 cm³/mol. The number of hydrogen-bond donors (Lipinski definition) is 3. The average Bonchev–Trinajstić information content (AvgIpc) is 1.64. The number of carboxylic acids is 2. The Labute approximate surface area is 741 Å². The zero-order valence-corrected chi connectivity index (χ0v) is 73.8. The molecular formula is C96H109F8N9O16. The van der Waals surface area contributed by atoms with Gasteiger partial charge in [0.15, 0.2) is 68.5 Å². The van der Waals surface area contributed by atoms with Gasteiger partial charge in [-0.15, -0.1) is 0 Å². The number of ketones is 2. The number of aliphatic carboxylic acids is 1. The minimum Gasteiger partial charge on any atom is -0.485 e. The Kier molecular flexibility index (Phi) is 40.1. The first-order chi connectivity index (χ1) is 61.9. The lowest BCUT2D eigenvalue weighted by atomic mass is 10.0. The largest absolute Gasteiger partial charge is 0.485 e. The van der Waals surface area contributed by atoms with Gasteiger partial charge in [0, 0.05) is 56.9 Å². The number of hydrogen-bond acceptors (Lipinski definition) is 19. The molecule has 8 aromatic heterocycles. The van der Waals surface area contributed by atoms with Crippen molar-refractivity contribution in [1.29, 1.82) is 0 Å². The molecule has 0 saturated carbocycles. The van der Waals surface area contributed by atoms with Gasteiger partial charge in [0.1, 0.15) is 84.4 Å². The summed E-state index contributed by atoms with van der Waals surface area (Å²) in [6.45, 7) is 11.9. The number of carbonyl (C=O) groups is 7. The van der Waals surface area contributed by atoms with Crippen LogP contribution in [0.1, 0.15) is 246 Å². The molecule has 0 unspecified atom stereocenters. The molecular weight excluding hydrogens is 1690 g/mol. The van der Waals surface area contributed by atoms with E-state index in [2.05, 4.69) is 29.4 Å². The lowest BCUT2D eigenvalue weighted by Crippen LogP contribution is -2.10. The van der Waals surface area contributed by atoms with E-state index >= 15 is 0 Å². The van der Waals surface area contributed by atoms with Crippen molar-refractivity contribution in [3.8, 4) is 23.0 Å². The molecule has 0 bridgehead atoms. The van der Waals surface area contributed by atoms with Crippen molar-refractivity contribution in [2.45, 2.75) is 216 Å². The lowest BCUT2D eigenvalue weighted by Gasteiger charge is -2.11. The number of esters is 3. The maximum absolute atomic E-state index is 13.9. The second-order valence-electron chi connectivity index (χ2n) is 30.4. The smallest absolute Gasteiger partial charge is 0.357 e. The molecule has 4 N–H and O–H groups in total. The van der Waals surface area contributed by atoms with E-state index in [0.29, 0.717) is 106 Å². The summed E-state index contributed by atoms with van der Waals surface area (Å²) in [5.74, 6) is -6.90. The number of nitrogens with two attached hydrogens (primary N) is 1. The summed E-state index contributed by atoms with van der Waals surface area (Å²) < 4.78 is 154. The minimum absolute atomic E-state index is 0.00649. The van der Waals surface area contributed by atoms with Crippen molar-refractivity contribution in [3.05, 3.63) is 259 Å². The number of nitrogens with zero attached hydrogens (tertiary/aromatic N) is 8. The summed E-state index contributed by atoms with van der Waals surface area (Å²) in [6.07, 6.45) is 24.9. The first-order valence-electron chi connectivity index (χ1n) is 42.6. The van der Waals surface area contributed by atoms with Gasteiger partial charge in [0.05, 0.1) is 65.9 Å². The minimum atomic E-state index is -1.11. The fraction of sp³-hybridized carbons (Fsp3) is 0.385. The standard InChI is InChI=1S/C26H30F2N2O4.C25H28F2N2O4.C19H18F2N2O3.C17H14F2N2O3.C9H19NO2/c1-18-25(22(31)13-7-5-3-4-6-8-15-24(32)33-2)30-16-10-14-23(26(30)29-18)34-17-19-20(27)11-9-12-21(19)28;1-17-24(21(30)12-6-4-2-3-5-7-14-23(31)32)29-15-9-13-22(25(29)28-17)33-16-18-19(26)10-8-11-20(18)27;1-4-25-19(24)17-12(3)22-18-16(8-11(2)9-23(17)18)26-10-13-14(20)6-5-7-15(13)21;1-9-6-14(24-8-11-12(18)4-3-5-13(11)19)16-20-10(2)15(17(22)23)21(16)7-9;1-12-9(11)7-5-3-2-4-6-8-10/h9-12,14,16H,3-8,13,15,17H2,1-2H3;8-11,13,15H,2-7,12,14,16H2,1H3,(H,31,32);5-9H,4,10H2,1-3H3;3-7H,8H2,1-2H3,(H,22,23);2-8,10H2,1H3. The molecule has 0 aliphatic carbocycles. The lowest BCUT2D eigenvalue weighted by molar-refractivity contribution is -0.141. The van der Waals surface area contributed by atoms with E-state index in [9.17, 15) is 73.8 Å². The van der Waals surface area contributed by atoms with Gasteiger partial charge in [-0.3, -0.25) is 41.6 Å². The van der Waals surface area contributed by atoms with Gasteiger partial charge in [-0.05, 0) is 190 Å².